The maximum absolute atomic E-state index is 12.3. The molecule has 0 bridgehead atoms. The van der Waals surface area contributed by atoms with Gasteiger partial charge in [-0.3, -0.25) is 9.59 Å². The van der Waals surface area contributed by atoms with Crippen LogP contribution in [-0.2, 0) is 11.3 Å². The Morgan fingerprint density at radius 2 is 2.06 bits per heavy atom. The number of hydrogen-bond donors (Lipinski definition) is 2. The molecule has 7 heteroatoms. The van der Waals surface area contributed by atoms with E-state index in [1.54, 1.807) is 22.9 Å². The van der Waals surface area contributed by atoms with Crippen LogP contribution < -0.4 is 11.3 Å². The summed E-state index contributed by atoms with van der Waals surface area (Å²) in [5.41, 5.74) is 10.3. The first-order valence-corrected chi connectivity index (χ1v) is 10.7. The van der Waals surface area contributed by atoms with Crippen molar-refractivity contribution in [3.63, 3.8) is 0 Å². The van der Waals surface area contributed by atoms with Crippen molar-refractivity contribution in [2.45, 2.75) is 19.4 Å². The van der Waals surface area contributed by atoms with E-state index in [9.17, 15) is 9.59 Å². The van der Waals surface area contributed by atoms with E-state index in [0.29, 0.717) is 11.5 Å². The molecule has 1 aliphatic carbocycles. The highest BCUT2D eigenvalue weighted by Crippen LogP contribution is 2.33. The molecule has 0 atom stereocenters. The van der Waals surface area contributed by atoms with Crippen LogP contribution in [-0.4, -0.2) is 20.4 Å². The summed E-state index contributed by atoms with van der Waals surface area (Å²) in [6.07, 6.45) is 9.45. The van der Waals surface area contributed by atoms with Crippen LogP contribution in [0, 0.1) is 17.2 Å². The van der Waals surface area contributed by atoms with Gasteiger partial charge < -0.3 is 15.3 Å². The van der Waals surface area contributed by atoms with E-state index in [0.717, 1.165) is 39.8 Å². The molecule has 0 unspecified atom stereocenters. The number of rotatable bonds is 6. The molecule has 1 aliphatic rings. The van der Waals surface area contributed by atoms with Gasteiger partial charge in [0.2, 0.25) is 0 Å². The number of benzene rings is 1. The number of aromatic amines is 1. The Bertz CT molecular complexity index is 1520. The fraction of sp³-hybridized carbons (Fsp3) is 0.154. The molecule has 1 amide bonds. The molecule has 162 valence electrons. The van der Waals surface area contributed by atoms with Crippen molar-refractivity contribution in [2.75, 3.05) is 0 Å². The molecular weight excluding hydrogens is 414 g/mol. The molecule has 33 heavy (non-hydrogen) atoms. The number of nitrogens with one attached hydrogen (secondary N) is 1. The summed E-state index contributed by atoms with van der Waals surface area (Å²) < 4.78 is 1.80. The predicted octanol–water partition coefficient (Wildman–Crippen LogP) is 3.86. The van der Waals surface area contributed by atoms with Crippen molar-refractivity contribution in [1.82, 2.24) is 14.5 Å². The molecule has 0 radical (unpaired) electrons. The molecule has 4 aromatic rings. The molecule has 0 spiro atoms. The molecular formula is C26H21N5O2. The third-order valence-corrected chi connectivity index (χ3v) is 5.89. The van der Waals surface area contributed by atoms with Gasteiger partial charge in [-0.25, -0.2) is 4.98 Å². The number of fused-ring (bicyclic) bond motifs is 1. The van der Waals surface area contributed by atoms with Crippen LogP contribution in [0.25, 0.3) is 39.4 Å². The standard InChI is InChI=1S/C26H21N5O2/c27-11-20(25(28)33)9-17-2-1-3-18(8-17)21-10-22-23(13-30-26(22)29-12-21)19-6-7-24(32)31(15-19)14-16-4-5-16/h1-3,6-10,12-13,15-16H,4-5,14H2,(H2,28,33)(H,29,30)/b20-9+. The molecule has 3 N–H and O–H groups in total. The van der Waals surface area contributed by atoms with Crippen LogP contribution in [0.2, 0.25) is 0 Å². The smallest absolute Gasteiger partial charge is 0.259 e. The molecule has 7 nitrogen and oxygen atoms in total. The van der Waals surface area contributed by atoms with Crippen LogP contribution in [0.1, 0.15) is 18.4 Å². The second-order valence-electron chi connectivity index (χ2n) is 8.33. The second-order valence-corrected chi connectivity index (χ2v) is 8.33. The van der Waals surface area contributed by atoms with Gasteiger partial charge in [0.1, 0.15) is 17.3 Å². The quantitative estimate of drug-likeness (QED) is 0.353. The number of amides is 1. The maximum atomic E-state index is 12.3. The molecule has 3 aromatic heterocycles. The maximum Gasteiger partial charge on any atom is 0.259 e. The van der Waals surface area contributed by atoms with E-state index >= 15 is 0 Å². The lowest BCUT2D eigenvalue weighted by molar-refractivity contribution is -0.114. The minimum absolute atomic E-state index is 0.0156. The second kappa shape index (κ2) is 8.24. The number of aromatic nitrogens is 3. The van der Waals surface area contributed by atoms with Crippen molar-refractivity contribution >= 4 is 23.0 Å². The van der Waals surface area contributed by atoms with E-state index in [-0.39, 0.29) is 11.1 Å². The molecule has 0 aliphatic heterocycles. The molecule has 5 rings (SSSR count). The van der Waals surface area contributed by atoms with Gasteiger partial charge in [0.15, 0.2) is 0 Å². The fourth-order valence-electron chi connectivity index (χ4n) is 3.95. The van der Waals surface area contributed by atoms with Gasteiger partial charge in [0.25, 0.3) is 11.5 Å². The number of pyridine rings is 2. The number of nitriles is 1. The van der Waals surface area contributed by atoms with Gasteiger partial charge in [-0.1, -0.05) is 18.2 Å². The van der Waals surface area contributed by atoms with Crippen LogP contribution in [0.3, 0.4) is 0 Å². The van der Waals surface area contributed by atoms with Gasteiger partial charge in [-0.15, -0.1) is 0 Å². The summed E-state index contributed by atoms with van der Waals surface area (Å²) in [7, 11) is 0. The third-order valence-electron chi connectivity index (χ3n) is 5.89. The summed E-state index contributed by atoms with van der Waals surface area (Å²) in [4.78, 5) is 31.4. The van der Waals surface area contributed by atoms with Crippen LogP contribution >= 0.6 is 0 Å². The monoisotopic (exact) mass is 435 g/mol. The van der Waals surface area contributed by atoms with E-state index < -0.39 is 5.91 Å². The largest absolute Gasteiger partial charge is 0.365 e. The highest BCUT2D eigenvalue weighted by atomic mass is 16.1. The Hall–Kier alpha value is -4.44. The molecule has 1 saturated carbocycles. The van der Waals surface area contributed by atoms with Crippen LogP contribution in [0.4, 0.5) is 0 Å². The lowest BCUT2D eigenvalue weighted by atomic mass is 10.0. The van der Waals surface area contributed by atoms with Gasteiger partial charge >= 0.3 is 0 Å². The normalized spacial score (nSPS) is 13.7. The zero-order valence-corrected chi connectivity index (χ0v) is 17.8. The average molecular weight is 435 g/mol. The zero-order chi connectivity index (χ0) is 22.9. The van der Waals surface area contributed by atoms with Gasteiger partial charge in [-0.2, -0.15) is 5.26 Å². The fourth-order valence-corrected chi connectivity index (χ4v) is 3.95. The van der Waals surface area contributed by atoms with Crippen molar-refractivity contribution in [1.29, 1.82) is 5.26 Å². The summed E-state index contributed by atoms with van der Waals surface area (Å²) in [6, 6.07) is 14.8. The third kappa shape index (κ3) is 4.19. The number of H-pyrrole nitrogens is 1. The van der Waals surface area contributed by atoms with Crippen molar-refractivity contribution in [3.8, 4) is 28.3 Å². The Morgan fingerprint density at radius 1 is 1.21 bits per heavy atom. The SMILES string of the molecule is N#C/C(=C\c1cccc(-c2cnc3[nH]cc(-c4ccc(=O)n(CC5CC5)c4)c3c2)c1)C(N)=O. The number of carbonyl (C=O) groups is 1. The number of carbonyl (C=O) groups excluding carboxylic acids is 1. The molecule has 1 fully saturated rings. The van der Waals surface area contributed by atoms with E-state index in [1.165, 1.54) is 18.9 Å². The number of hydrogen-bond acceptors (Lipinski definition) is 4. The van der Waals surface area contributed by atoms with Crippen LogP contribution in [0.5, 0.6) is 0 Å². The minimum atomic E-state index is -0.758. The first-order chi connectivity index (χ1) is 16.0. The number of primary amides is 1. The lowest BCUT2D eigenvalue weighted by Crippen LogP contribution is -2.19. The highest BCUT2D eigenvalue weighted by molar-refractivity contribution is 6.00. The van der Waals surface area contributed by atoms with Crippen LogP contribution in [0.15, 0.2) is 71.4 Å². The number of nitrogens with zero attached hydrogens (tertiary/aromatic N) is 3. The number of nitrogens with two attached hydrogens (primary N) is 1. The van der Waals surface area contributed by atoms with Gasteiger partial charge in [0, 0.05) is 53.3 Å². The first kappa shape index (κ1) is 20.5. The predicted molar refractivity (Wildman–Crippen MR) is 127 cm³/mol. The Labute approximate surface area is 189 Å². The average Bonchev–Trinajstić information content (AvgIpc) is 3.54. The van der Waals surface area contributed by atoms with E-state index in [1.807, 2.05) is 48.8 Å². The van der Waals surface area contributed by atoms with Gasteiger partial charge in [0.05, 0.1) is 0 Å². The van der Waals surface area contributed by atoms with E-state index in [2.05, 4.69) is 9.97 Å². The highest BCUT2D eigenvalue weighted by Gasteiger charge is 2.22. The molecule has 1 aromatic carbocycles. The summed E-state index contributed by atoms with van der Waals surface area (Å²) >= 11 is 0. The first-order valence-electron chi connectivity index (χ1n) is 10.7. The van der Waals surface area contributed by atoms with Crippen molar-refractivity contribution < 1.29 is 4.79 Å². The molecule has 3 heterocycles. The summed E-state index contributed by atoms with van der Waals surface area (Å²) in [5.74, 6) is -0.155. The van der Waals surface area contributed by atoms with Crippen molar-refractivity contribution in [3.05, 3.63) is 82.5 Å². The summed E-state index contributed by atoms with van der Waals surface area (Å²) in [6.45, 7) is 0.759. The van der Waals surface area contributed by atoms with E-state index in [4.69, 9.17) is 11.0 Å². The Balaban J connectivity index is 1.55. The summed E-state index contributed by atoms with van der Waals surface area (Å²) in [5, 5.41) is 10.1. The van der Waals surface area contributed by atoms with Gasteiger partial charge in [-0.05, 0) is 54.2 Å². The minimum Gasteiger partial charge on any atom is -0.365 e. The van der Waals surface area contributed by atoms with Crippen molar-refractivity contribution in [2.24, 2.45) is 11.7 Å². The molecule has 0 saturated heterocycles. The lowest BCUT2D eigenvalue weighted by Gasteiger charge is -2.08. The zero-order valence-electron chi connectivity index (χ0n) is 17.8. The Morgan fingerprint density at radius 3 is 2.82 bits per heavy atom. The topological polar surface area (TPSA) is 118 Å². The Kier molecular flexibility index (Phi) is 5.11.